The van der Waals surface area contributed by atoms with E-state index in [0.717, 1.165) is 39.8 Å². The van der Waals surface area contributed by atoms with Gasteiger partial charge in [0, 0.05) is 27.8 Å². The van der Waals surface area contributed by atoms with Crippen molar-refractivity contribution in [3.05, 3.63) is 132 Å². The molecule has 0 unspecified atom stereocenters. The first-order valence-corrected chi connectivity index (χ1v) is 13.8. The highest BCUT2D eigenvalue weighted by atomic mass is 79.9. The van der Waals surface area contributed by atoms with Gasteiger partial charge in [0.25, 0.3) is 0 Å². The summed E-state index contributed by atoms with van der Waals surface area (Å²) in [4.78, 5) is 21.4. The van der Waals surface area contributed by atoms with E-state index in [1.54, 1.807) is 12.2 Å². The Morgan fingerprint density at radius 2 is 1.61 bits per heavy atom. The Kier molecular flexibility index (Phi) is 8.71. The van der Waals surface area contributed by atoms with Crippen molar-refractivity contribution in [2.45, 2.75) is 6.42 Å². The number of carbonyl (C=O) groups excluding carboxylic acids is 1. The minimum absolute atomic E-state index is 0.370. The van der Waals surface area contributed by atoms with Gasteiger partial charge in [-0.3, -0.25) is 0 Å². The number of nitrogens with one attached hydrogen (secondary N) is 3. The third-order valence-electron chi connectivity index (χ3n) is 6.33. The van der Waals surface area contributed by atoms with Crippen LogP contribution in [-0.2, 0) is 6.42 Å². The summed E-state index contributed by atoms with van der Waals surface area (Å²) in [6, 6.07) is 27.5. The van der Waals surface area contributed by atoms with Gasteiger partial charge in [-0.15, -0.1) is 0 Å². The van der Waals surface area contributed by atoms with Gasteiger partial charge in [-0.25, -0.2) is 14.8 Å². The lowest BCUT2D eigenvalue weighted by atomic mass is 9.99. The molecule has 0 spiro atoms. The van der Waals surface area contributed by atoms with Crippen molar-refractivity contribution in [2.75, 3.05) is 17.2 Å². The number of anilines is 2. The van der Waals surface area contributed by atoms with Crippen molar-refractivity contribution in [3.63, 3.8) is 0 Å². The van der Waals surface area contributed by atoms with Gasteiger partial charge in [-0.1, -0.05) is 92.0 Å². The van der Waals surface area contributed by atoms with Crippen molar-refractivity contribution >= 4 is 44.6 Å². The first-order chi connectivity index (χ1) is 20.0. The highest BCUT2D eigenvalue weighted by molar-refractivity contribution is 9.11. The zero-order valence-corrected chi connectivity index (χ0v) is 23.8. The van der Waals surface area contributed by atoms with Crippen LogP contribution in [0.2, 0.25) is 0 Å². The van der Waals surface area contributed by atoms with Crippen LogP contribution in [0, 0.1) is 0 Å². The Morgan fingerprint density at radius 1 is 0.927 bits per heavy atom. The first-order valence-electron chi connectivity index (χ1n) is 13.0. The number of hydrogen-bond donors (Lipinski definition) is 3. The molecule has 0 bridgehead atoms. The quantitative estimate of drug-likeness (QED) is 0.139. The monoisotopic (exact) mass is 605 g/mol. The third-order valence-corrected chi connectivity index (χ3v) is 6.76. The van der Waals surface area contributed by atoms with E-state index in [2.05, 4.69) is 67.1 Å². The molecule has 2 amide bonds. The van der Waals surface area contributed by atoms with Crippen LogP contribution in [-0.4, -0.2) is 22.5 Å². The number of hydrogen-bond acceptors (Lipinski definition) is 5. The average molecular weight is 607 g/mol. The molecule has 0 aliphatic carbocycles. The summed E-state index contributed by atoms with van der Waals surface area (Å²) in [5.41, 5.74) is 5.81. The van der Waals surface area contributed by atoms with E-state index in [1.165, 1.54) is 6.33 Å². The molecule has 41 heavy (non-hydrogen) atoms. The van der Waals surface area contributed by atoms with E-state index in [-0.39, 0.29) is 6.03 Å². The van der Waals surface area contributed by atoms with E-state index < -0.39 is 0 Å². The molecule has 204 valence electrons. The second-order valence-corrected chi connectivity index (χ2v) is 10.1. The van der Waals surface area contributed by atoms with Crippen LogP contribution in [0.4, 0.5) is 16.3 Å². The van der Waals surface area contributed by atoms with Gasteiger partial charge < -0.3 is 20.4 Å². The van der Waals surface area contributed by atoms with E-state index in [9.17, 15) is 4.79 Å². The van der Waals surface area contributed by atoms with Crippen LogP contribution >= 0.6 is 15.9 Å². The minimum atomic E-state index is -0.370. The average Bonchev–Trinajstić information content (AvgIpc) is 3.39. The van der Waals surface area contributed by atoms with Gasteiger partial charge in [-0.2, -0.15) is 0 Å². The number of benzene rings is 3. The van der Waals surface area contributed by atoms with Gasteiger partial charge in [0.05, 0.1) is 11.1 Å². The normalized spacial score (nSPS) is 11.2. The highest BCUT2D eigenvalue weighted by Gasteiger charge is 2.21. The summed E-state index contributed by atoms with van der Waals surface area (Å²) >= 11 is 3.27. The zero-order chi connectivity index (χ0) is 28.6. The smallest absolute Gasteiger partial charge is 0.323 e. The van der Waals surface area contributed by atoms with Gasteiger partial charge >= 0.3 is 6.03 Å². The topological polar surface area (TPSA) is 92.1 Å². The van der Waals surface area contributed by atoms with Crippen molar-refractivity contribution in [1.29, 1.82) is 0 Å². The summed E-state index contributed by atoms with van der Waals surface area (Å²) in [6.07, 6.45) is 5.50. The molecule has 5 rings (SSSR count). The number of aromatic nitrogens is 2. The summed E-state index contributed by atoms with van der Waals surface area (Å²) < 4.78 is 6.85. The van der Waals surface area contributed by atoms with Gasteiger partial charge in [0.1, 0.15) is 17.9 Å². The van der Waals surface area contributed by atoms with Crippen LogP contribution in [0.3, 0.4) is 0 Å². The standard InChI is InChI=1S/C33H28BrN5O2/c1-3-10-27(22(2)34)39-33(40)38-26-17-15-23(16-18-26)19-20-35-31-29-28(24-11-6-4-7-12-24)30(25-13-8-5-9-14-25)41-32(29)37-21-36-31/h3-18,21H,1-2,19-20H2,(H,35,36,37)(H2,38,39,40)/b27-10+. The molecule has 7 nitrogen and oxygen atoms in total. The maximum Gasteiger partial charge on any atom is 0.323 e. The SMILES string of the molecule is C=C/C=C(/NC(=O)Nc1ccc(CCNc2ncnc3oc(-c4ccccc4)c(-c4ccccc4)c23)cc1)C(=C)Br. The molecular weight excluding hydrogens is 578 g/mol. The Labute approximate surface area is 246 Å². The van der Waals surface area contributed by atoms with Gasteiger partial charge in [-0.05, 0) is 51.7 Å². The van der Waals surface area contributed by atoms with E-state index in [4.69, 9.17) is 4.42 Å². The molecule has 0 saturated carbocycles. The molecule has 0 atom stereocenters. The predicted molar refractivity (Wildman–Crippen MR) is 170 cm³/mol. The van der Waals surface area contributed by atoms with Crippen LogP contribution in [0.1, 0.15) is 5.56 Å². The van der Waals surface area contributed by atoms with Crippen LogP contribution in [0.25, 0.3) is 33.6 Å². The highest BCUT2D eigenvalue weighted by Crippen LogP contribution is 2.42. The first kappa shape index (κ1) is 27.6. The number of fused-ring (bicyclic) bond motifs is 1. The fourth-order valence-electron chi connectivity index (χ4n) is 4.42. The number of rotatable bonds is 10. The van der Waals surface area contributed by atoms with Gasteiger partial charge in [0.2, 0.25) is 5.71 Å². The molecule has 3 aromatic carbocycles. The second-order valence-electron chi connectivity index (χ2n) is 9.11. The molecule has 0 radical (unpaired) electrons. The van der Waals surface area contributed by atoms with Crippen molar-refractivity contribution in [2.24, 2.45) is 0 Å². The predicted octanol–water partition coefficient (Wildman–Crippen LogP) is 8.31. The Hall–Kier alpha value is -4.95. The maximum atomic E-state index is 12.4. The van der Waals surface area contributed by atoms with E-state index in [1.807, 2.05) is 72.8 Å². The van der Waals surface area contributed by atoms with Crippen molar-refractivity contribution in [1.82, 2.24) is 15.3 Å². The maximum absolute atomic E-state index is 12.4. The van der Waals surface area contributed by atoms with Gasteiger partial charge in [0.15, 0.2) is 0 Å². The largest absolute Gasteiger partial charge is 0.437 e. The lowest BCUT2D eigenvalue weighted by Gasteiger charge is -2.11. The lowest BCUT2D eigenvalue weighted by molar-refractivity contribution is 0.254. The molecule has 8 heteroatoms. The molecule has 2 aromatic heterocycles. The van der Waals surface area contributed by atoms with Crippen molar-refractivity contribution in [3.8, 4) is 22.5 Å². The number of nitrogens with zero attached hydrogens (tertiary/aromatic N) is 2. The second kappa shape index (κ2) is 12.9. The Balaban J connectivity index is 1.31. The summed E-state index contributed by atoms with van der Waals surface area (Å²) in [7, 11) is 0. The molecule has 0 fully saturated rings. The number of carbonyl (C=O) groups is 1. The third kappa shape index (κ3) is 6.62. The molecule has 0 aliphatic rings. The van der Waals surface area contributed by atoms with Crippen LogP contribution in [0.5, 0.6) is 0 Å². The molecule has 0 saturated heterocycles. The Bertz CT molecular complexity index is 1710. The number of urea groups is 1. The number of amides is 2. The number of furan rings is 1. The summed E-state index contributed by atoms with van der Waals surface area (Å²) in [5, 5.41) is 9.89. The lowest BCUT2D eigenvalue weighted by Crippen LogP contribution is -2.28. The van der Waals surface area contributed by atoms with E-state index >= 15 is 0 Å². The summed E-state index contributed by atoms with van der Waals surface area (Å²) in [6.45, 7) is 8.08. The minimum Gasteiger partial charge on any atom is -0.437 e. The fourth-order valence-corrected chi connectivity index (χ4v) is 4.65. The number of halogens is 1. The molecule has 5 aromatic rings. The molecule has 3 N–H and O–H groups in total. The molecule has 2 heterocycles. The molecule has 0 aliphatic heterocycles. The van der Waals surface area contributed by atoms with E-state index in [0.29, 0.717) is 33.9 Å². The molecular formula is C33H28BrN5O2. The van der Waals surface area contributed by atoms with Crippen LogP contribution in [0.15, 0.2) is 131 Å². The fraction of sp³-hybridized carbons (Fsp3) is 0.0606. The van der Waals surface area contributed by atoms with Crippen LogP contribution < -0.4 is 16.0 Å². The zero-order valence-electron chi connectivity index (χ0n) is 22.2. The number of allylic oxidation sites excluding steroid dienone is 3. The Morgan fingerprint density at radius 3 is 2.27 bits per heavy atom. The summed E-state index contributed by atoms with van der Waals surface area (Å²) in [5.74, 6) is 1.47. The van der Waals surface area contributed by atoms with Crippen molar-refractivity contribution < 1.29 is 9.21 Å².